The van der Waals surface area contributed by atoms with Crippen molar-refractivity contribution in [2.75, 3.05) is 39.3 Å². The van der Waals surface area contributed by atoms with Crippen LogP contribution in [-0.2, 0) is 11.2 Å². The number of piperazine rings is 1. The Balaban J connectivity index is 1.19. The Labute approximate surface area is 165 Å². The van der Waals surface area contributed by atoms with Gasteiger partial charge in [-0.05, 0) is 30.2 Å². The van der Waals surface area contributed by atoms with Gasteiger partial charge < -0.3 is 14.6 Å². The largest absolute Gasteiger partial charge is 0.492 e. The zero-order valence-corrected chi connectivity index (χ0v) is 16.1. The molecule has 2 heterocycles. The molecule has 0 radical (unpaired) electrons. The monoisotopic (exact) mass is 377 g/mol. The summed E-state index contributed by atoms with van der Waals surface area (Å²) in [6.45, 7) is 5.01. The van der Waals surface area contributed by atoms with E-state index >= 15 is 0 Å². The first-order valence-corrected chi connectivity index (χ1v) is 10.0. The Bertz CT molecular complexity index is 898. The number of carbonyl (C=O) groups is 1. The van der Waals surface area contributed by atoms with Crippen LogP contribution in [0.2, 0.25) is 0 Å². The van der Waals surface area contributed by atoms with Gasteiger partial charge in [-0.2, -0.15) is 0 Å². The summed E-state index contributed by atoms with van der Waals surface area (Å²) in [7, 11) is 0. The molecule has 0 bridgehead atoms. The number of fused-ring (bicyclic) bond motifs is 1. The minimum absolute atomic E-state index is 0.255. The number of nitrogens with one attached hydrogen (secondary N) is 1. The van der Waals surface area contributed by atoms with Gasteiger partial charge in [0.25, 0.3) is 0 Å². The quantitative estimate of drug-likeness (QED) is 0.687. The minimum atomic E-state index is 0.255. The van der Waals surface area contributed by atoms with Gasteiger partial charge in [-0.1, -0.05) is 36.4 Å². The Morgan fingerprint density at radius 2 is 1.71 bits per heavy atom. The SMILES string of the molecule is O=C(CCc1c[nH]c2ccccc12)N1CCN(CCOc2ccccc2)CC1. The number of aryl methyl sites for hydroxylation is 1. The van der Waals surface area contributed by atoms with Crippen molar-refractivity contribution in [2.45, 2.75) is 12.8 Å². The molecule has 1 aromatic heterocycles. The maximum absolute atomic E-state index is 12.6. The molecule has 0 unspecified atom stereocenters. The lowest BCUT2D eigenvalue weighted by atomic mass is 10.1. The maximum atomic E-state index is 12.6. The second kappa shape index (κ2) is 8.93. The van der Waals surface area contributed by atoms with Crippen molar-refractivity contribution in [2.24, 2.45) is 0 Å². The Kier molecular flexibility index (Phi) is 5.92. The van der Waals surface area contributed by atoms with Gasteiger partial charge in [0.15, 0.2) is 0 Å². The second-order valence-corrected chi connectivity index (χ2v) is 7.24. The number of H-pyrrole nitrogens is 1. The van der Waals surface area contributed by atoms with Gasteiger partial charge in [-0.25, -0.2) is 0 Å². The number of hydrogen-bond acceptors (Lipinski definition) is 3. The van der Waals surface area contributed by atoms with Crippen molar-refractivity contribution in [1.82, 2.24) is 14.8 Å². The van der Waals surface area contributed by atoms with Crippen LogP contribution < -0.4 is 4.74 Å². The van der Waals surface area contributed by atoms with Crippen LogP contribution in [0.5, 0.6) is 5.75 Å². The highest BCUT2D eigenvalue weighted by Gasteiger charge is 2.21. The van der Waals surface area contributed by atoms with Crippen LogP contribution in [-0.4, -0.2) is 60.0 Å². The lowest BCUT2D eigenvalue weighted by molar-refractivity contribution is -0.132. The molecule has 3 aromatic rings. The van der Waals surface area contributed by atoms with Crippen LogP contribution in [0.3, 0.4) is 0 Å². The third-order valence-electron chi connectivity index (χ3n) is 5.43. The topological polar surface area (TPSA) is 48.6 Å². The standard InChI is InChI=1S/C23H27N3O2/c27-23(11-10-19-18-24-22-9-5-4-8-21(19)22)26-14-12-25(13-15-26)16-17-28-20-6-2-1-3-7-20/h1-9,18,24H,10-17H2. The van der Waals surface area contributed by atoms with E-state index in [4.69, 9.17) is 4.74 Å². The molecule has 2 aromatic carbocycles. The smallest absolute Gasteiger partial charge is 0.222 e. The van der Waals surface area contributed by atoms with Crippen molar-refractivity contribution < 1.29 is 9.53 Å². The number of aromatic amines is 1. The Morgan fingerprint density at radius 3 is 2.54 bits per heavy atom. The maximum Gasteiger partial charge on any atom is 0.222 e. The Morgan fingerprint density at radius 1 is 0.964 bits per heavy atom. The second-order valence-electron chi connectivity index (χ2n) is 7.24. The molecular formula is C23H27N3O2. The number of para-hydroxylation sites is 2. The molecule has 0 spiro atoms. The fourth-order valence-electron chi connectivity index (χ4n) is 3.77. The summed E-state index contributed by atoms with van der Waals surface area (Å²) in [6, 6.07) is 18.2. The number of aromatic nitrogens is 1. The number of benzene rings is 2. The van der Waals surface area contributed by atoms with E-state index in [2.05, 4.69) is 22.0 Å². The number of carbonyl (C=O) groups excluding carboxylic acids is 1. The number of nitrogens with zero attached hydrogens (tertiary/aromatic N) is 2. The molecule has 5 nitrogen and oxygen atoms in total. The van der Waals surface area contributed by atoms with Gasteiger partial charge in [-0.15, -0.1) is 0 Å². The van der Waals surface area contributed by atoms with Crippen molar-refractivity contribution in [3.05, 3.63) is 66.4 Å². The molecule has 1 aliphatic rings. The van der Waals surface area contributed by atoms with Crippen LogP contribution in [0.1, 0.15) is 12.0 Å². The summed E-state index contributed by atoms with van der Waals surface area (Å²) in [5, 5.41) is 1.22. The number of rotatable bonds is 7. The summed E-state index contributed by atoms with van der Waals surface area (Å²) in [6.07, 6.45) is 3.38. The summed E-state index contributed by atoms with van der Waals surface area (Å²) in [5.74, 6) is 1.17. The minimum Gasteiger partial charge on any atom is -0.492 e. The molecule has 0 aliphatic carbocycles. The summed E-state index contributed by atoms with van der Waals surface area (Å²) in [5.41, 5.74) is 2.36. The zero-order valence-electron chi connectivity index (χ0n) is 16.1. The van der Waals surface area contributed by atoms with E-state index in [1.54, 1.807) is 0 Å². The van der Waals surface area contributed by atoms with E-state index in [9.17, 15) is 4.79 Å². The normalized spacial score (nSPS) is 15.1. The molecule has 1 amide bonds. The van der Waals surface area contributed by atoms with E-state index in [0.29, 0.717) is 13.0 Å². The first-order valence-electron chi connectivity index (χ1n) is 10.0. The van der Waals surface area contributed by atoms with Crippen LogP contribution in [0.15, 0.2) is 60.8 Å². The van der Waals surface area contributed by atoms with Crippen molar-refractivity contribution in [3.8, 4) is 5.75 Å². The van der Waals surface area contributed by atoms with Crippen molar-refractivity contribution in [1.29, 1.82) is 0 Å². The van der Waals surface area contributed by atoms with Gasteiger partial charge in [0.1, 0.15) is 12.4 Å². The number of hydrogen-bond donors (Lipinski definition) is 1. The third-order valence-corrected chi connectivity index (χ3v) is 5.43. The fraction of sp³-hybridized carbons (Fsp3) is 0.348. The first-order chi connectivity index (χ1) is 13.8. The number of amides is 1. The predicted octanol–water partition coefficient (Wildman–Crippen LogP) is 3.32. The van der Waals surface area contributed by atoms with Crippen LogP contribution in [0, 0.1) is 0 Å². The molecule has 4 rings (SSSR count). The molecule has 1 fully saturated rings. The number of ether oxygens (including phenoxy) is 1. The van der Waals surface area contributed by atoms with E-state index in [1.807, 2.05) is 53.6 Å². The summed E-state index contributed by atoms with van der Waals surface area (Å²) in [4.78, 5) is 20.3. The van der Waals surface area contributed by atoms with Gasteiger partial charge in [0, 0.05) is 56.2 Å². The van der Waals surface area contributed by atoms with Crippen LogP contribution in [0.25, 0.3) is 10.9 Å². The zero-order chi connectivity index (χ0) is 19.2. The molecule has 1 aliphatic heterocycles. The lowest BCUT2D eigenvalue weighted by Crippen LogP contribution is -2.49. The van der Waals surface area contributed by atoms with E-state index in [0.717, 1.165) is 50.4 Å². The molecule has 1 N–H and O–H groups in total. The molecule has 0 saturated carbocycles. The third kappa shape index (κ3) is 4.54. The molecule has 28 heavy (non-hydrogen) atoms. The molecule has 5 heteroatoms. The van der Waals surface area contributed by atoms with Crippen LogP contribution in [0.4, 0.5) is 0 Å². The highest BCUT2D eigenvalue weighted by molar-refractivity contribution is 5.84. The van der Waals surface area contributed by atoms with E-state index in [-0.39, 0.29) is 5.91 Å². The van der Waals surface area contributed by atoms with Crippen molar-refractivity contribution in [3.63, 3.8) is 0 Å². The first kappa shape index (κ1) is 18.6. The summed E-state index contributed by atoms with van der Waals surface area (Å²) < 4.78 is 5.77. The average molecular weight is 377 g/mol. The Hall–Kier alpha value is -2.79. The van der Waals surface area contributed by atoms with Gasteiger partial charge >= 0.3 is 0 Å². The average Bonchev–Trinajstić information content (AvgIpc) is 3.16. The van der Waals surface area contributed by atoms with Crippen molar-refractivity contribution >= 4 is 16.8 Å². The summed E-state index contributed by atoms with van der Waals surface area (Å²) >= 11 is 0. The van der Waals surface area contributed by atoms with Gasteiger partial charge in [0.05, 0.1) is 0 Å². The highest BCUT2D eigenvalue weighted by atomic mass is 16.5. The predicted molar refractivity (Wildman–Crippen MR) is 112 cm³/mol. The molecule has 0 atom stereocenters. The van der Waals surface area contributed by atoms with Gasteiger partial charge in [0.2, 0.25) is 5.91 Å². The lowest BCUT2D eigenvalue weighted by Gasteiger charge is -2.34. The van der Waals surface area contributed by atoms with Gasteiger partial charge in [-0.3, -0.25) is 9.69 Å². The fourth-order valence-corrected chi connectivity index (χ4v) is 3.77. The highest BCUT2D eigenvalue weighted by Crippen LogP contribution is 2.19. The molecule has 146 valence electrons. The van der Waals surface area contributed by atoms with E-state index < -0.39 is 0 Å². The molecular weight excluding hydrogens is 350 g/mol. The van der Waals surface area contributed by atoms with E-state index in [1.165, 1.54) is 10.9 Å². The van der Waals surface area contributed by atoms with Crippen LogP contribution >= 0.6 is 0 Å². The molecule has 1 saturated heterocycles.